The number of nitrogens with one attached hydrogen (secondary N) is 2. The molecule has 1 aliphatic rings. The van der Waals surface area contributed by atoms with Crippen LogP contribution in [0.5, 0.6) is 0 Å². The lowest BCUT2D eigenvalue weighted by atomic mass is 9.98. The third-order valence-corrected chi connectivity index (χ3v) is 4.59. The van der Waals surface area contributed by atoms with Gasteiger partial charge in [-0.3, -0.25) is 9.59 Å². The molecule has 0 spiro atoms. The molecule has 29 heavy (non-hydrogen) atoms. The number of carboxylic acid groups (broad SMARTS) is 1. The van der Waals surface area contributed by atoms with Gasteiger partial charge in [-0.1, -0.05) is 36.4 Å². The van der Waals surface area contributed by atoms with Crippen molar-refractivity contribution in [3.05, 3.63) is 95.3 Å². The Morgan fingerprint density at radius 1 is 1.00 bits per heavy atom. The Bertz CT molecular complexity index is 1140. The van der Waals surface area contributed by atoms with E-state index in [-0.39, 0.29) is 12.3 Å². The van der Waals surface area contributed by atoms with Crippen molar-refractivity contribution >= 4 is 34.5 Å². The highest BCUT2D eigenvalue weighted by atomic mass is 19.1. The molecule has 1 heterocycles. The molecule has 5 nitrogen and oxygen atoms in total. The summed E-state index contributed by atoms with van der Waals surface area (Å²) in [5, 5.41) is 15.1. The van der Waals surface area contributed by atoms with Gasteiger partial charge in [-0.25, -0.2) is 4.39 Å². The van der Waals surface area contributed by atoms with Crippen molar-refractivity contribution in [2.45, 2.75) is 6.42 Å². The molecule has 4 rings (SSSR count). The molecule has 3 aromatic rings. The van der Waals surface area contributed by atoms with Crippen LogP contribution in [0.1, 0.15) is 16.7 Å². The molecule has 0 saturated carbocycles. The maximum absolute atomic E-state index is 13.6. The average molecular weight is 388 g/mol. The van der Waals surface area contributed by atoms with Crippen LogP contribution in [-0.4, -0.2) is 17.0 Å². The number of fused-ring (bicyclic) bond motifs is 1. The minimum Gasteiger partial charge on any atom is -0.481 e. The zero-order chi connectivity index (χ0) is 20.4. The Balaban J connectivity index is 1.89. The molecule has 1 aliphatic heterocycles. The maximum Gasteiger partial charge on any atom is 0.307 e. The summed E-state index contributed by atoms with van der Waals surface area (Å²) in [5.41, 5.74) is 3.91. The predicted octanol–water partition coefficient (Wildman–Crippen LogP) is 4.39. The standard InChI is InChI=1S/C23H17FN2O3/c24-16-9-10-18-19(13-16)26-23(29)21(18)22(25-17-7-2-1-3-8-17)15-6-4-5-14(11-15)12-20(27)28/h1-11,13,25H,12H2,(H,26,29)(H,27,28)/b22-21-. The number of carboxylic acids is 1. The topological polar surface area (TPSA) is 78.4 Å². The lowest BCUT2D eigenvalue weighted by molar-refractivity contribution is -0.136. The fourth-order valence-electron chi connectivity index (χ4n) is 3.35. The second-order valence-corrected chi connectivity index (χ2v) is 6.66. The van der Waals surface area contributed by atoms with Crippen LogP contribution < -0.4 is 10.6 Å². The number of carbonyl (C=O) groups excluding carboxylic acids is 1. The van der Waals surface area contributed by atoms with E-state index in [1.54, 1.807) is 30.3 Å². The van der Waals surface area contributed by atoms with Gasteiger partial charge in [0.2, 0.25) is 0 Å². The van der Waals surface area contributed by atoms with Gasteiger partial charge in [0.15, 0.2) is 0 Å². The molecule has 144 valence electrons. The van der Waals surface area contributed by atoms with E-state index in [2.05, 4.69) is 10.6 Å². The number of aliphatic carboxylic acids is 1. The van der Waals surface area contributed by atoms with Gasteiger partial charge in [0.05, 0.1) is 23.4 Å². The number of hydrogen-bond donors (Lipinski definition) is 3. The van der Waals surface area contributed by atoms with Gasteiger partial charge < -0.3 is 15.7 Å². The fourth-order valence-corrected chi connectivity index (χ4v) is 3.35. The zero-order valence-electron chi connectivity index (χ0n) is 15.3. The first kappa shape index (κ1) is 18.4. The van der Waals surface area contributed by atoms with Crippen molar-refractivity contribution in [2.75, 3.05) is 10.6 Å². The third kappa shape index (κ3) is 3.87. The first-order chi connectivity index (χ1) is 14.0. The number of anilines is 2. The summed E-state index contributed by atoms with van der Waals surface area (Å²) in [6.07, 6.45) is -0.129. The van der Waals surface area contributed by atoms with Gasteiger partial charge in [-0.05, 0) is 47.5 Å². The third-order valence-electron chi connectivity index (χ3n) is 4.59. The van der Waals surface area contributed by atoms with Crippen LogP contribution in [0.4, 0.5) is 15.8 Å². The highest BCUT2D eigenvalue weighted by Crippen LogP contribution is 2.38. The lowest BCUT2D eigenvalue weighted by Gasteiger charge is -2.15. The zero-order valence-corrected chi connectivity index (χ0v) is 15.3. The Morgan fingerprint density at radius 3 is 2.55 bits per heavy atom. The van der Waals surface area contributed by atoms with E-state index < -0.39 is 11.8 Å². The number of amides is 1. The van der Waals surface area contributed by atoms with E-state index in [4.69, 9.17) is 5.11 Å². The predicted molar refractivity (Wildman–Crippen MR) is 110 cm³/mol. The molecule has 0 bridgehead atoms. The van der Waals surface area contributed by atoms with Crippen molar-refractivity contribution in [3.63, 3.8) is 0 Å². The van der Waals surface area contributed by atoms with Crippen molar-refractivity contribution in [2.24, 2.45) is 0 Å². The average Bonchev–Trinajstić information content (AvgIpc) is 3.01. The minimum atomic E-state index is -0.938. The van der Waals surface area contributed by atoms with Gasteiger partial charge >= 0.3 is 5.97 Å². The molecular weight excluding hydrogens is 371 g/mol. The molecule has 3 aromatic carbocycles. The van der Waals surface area contributed by atoms with Crippen LogP contribution in [0, 0.1) is 5.82 Å². The number of rotatable bonds is 5. The van der Waals surface area contributed by atoms with E-state index in [0.29, 0.717) is 33.6 Å². The summed E-state index contributed by atoms with van der Waals surface area (Å²) in [4.78, 5) is 23.9. The summed E-state index contributed by atoms with van der Waals surface area (Å²) >= 11 is 0. The Kier molecular flexibility index (Phi) is 4.83. The number of carbonyl (C=O) groups is 2. The lowest BCUT2D eigenvalue weighted by Crippen LogP contribution is -2.10. The first-order valence-corrected chi connectivity index (χ1v) is 9.00. The van der Waals surface area contributed by atoms with Crippen LogP contribution in [0.3, 0.4) is 0 Å². The van der Waals surface area contributed by atoms with Crippen molar-refractivity contribution in [1.29, 1.82) is 0 Å². The quantitative estimate of drug-likeness (QED) is 0.567. The molecule has 0 aromatic heterocycles. The minimum absolute atomic E-state index is 0.129. The van der Waals surface area contributed by atoms with Gasteiger partial charge in [0, 0.05) is 11.3 Å². The Morgan fingerprint density at radius 2 is 1.79 bits per heavy atom. The van der Waals surface area contributed by atoms with Crippen molar-refractivity contribution in [1.82, 2.24) is 0 Å². The Labute approximate surface area is 166 Å². The molecular formula is C23H17FN2O3. The maximum atomic E-state index is 13.6. The van der Waals surface area contributed by atoms with E-state index in [1.807, 2.05) is 30.3 Å². The normalized spacial score (nSPS) is 14.2. The van der Waals surface area contributed by atoms with Gasteiger partial charge in [0.25, 0.3) is 5.91 Å². The van der Waals surface area contributed by atoms with Crippen LogP contribution >= 0.6 is 0 Å². The summed E-state index contributed by atoms with van der Waals surface area (Å²) in [6, 6.07) is 20.5. The molecule has 0 aliphatic carbocycles. The van der Waals surface area contributed by atoms with Crippen molar-refractivity contribution in [3.8, 4) is 0 Å². The van der Waals surface area contributed by atoms with Crippen LogP contribution in [0.2, 0.25) is 0 Å². The SMILES string of the molecule is O=C(O)Cc1cccc(/C(Nc2ccccc2)=C2/C(=O)Nc3cc(F)ccc32)c1. The van der Waals surface area contributed by atoms with Gasteiger partial charge in [0.1, 0.15) is 5.82 Å². The largest absolute Gasteiger partial charge is 0.481 e. The summed E-state index contributed by atoms with van der Waals surface area (Å²) in [7, 11) is 0. The molecule has 0 radical (unpaired) electrons. The molecule has 3 N–H and O–H groups in total. The van der Waals surface area contributed by atoms with Gasteiger partial charge in [-0.15, -0.1) is 0 Å². The number of para-hydroxylation sites is 1. The number of halogens is 1. The molecule has 0 saturated heterocycles. The summed E-state index contributed by atoms with van der Waals surface area (Å²) in [6.45, 7) is 0. The van der Waals surface area contributed by atoms with Crippen LogP contribution in [-0.2, 0) is 16.0 Å². The fraction of sp³-hybridized carbons (Fsp3) is 0.0435. The number of benzene rings is 3. The molecule has 0 unspecified atom stereocenters. The smallest absolute Gasteiger partial charge is 0.307 e. The Hall–Kier alpha value is -3.93. The summed E-state index contributed by atoms with van der Waals surface area (Å²) < 4.78 is 13.6. The van der Waals surface area contributed by atoms with E-state index >= 15 is 0 Å². The van der Waals surface area contributed by atoms with E-state index in [1.165, 1.54) is 12.1 Å². The highest BCUT2D eigenvalue weighted by molar-refractivity contribution is 6.37. The monoisotopic (exact) mass is 388 g/mol. The van der Waals surface area contributed by atoms with Gasteiger partial charge in [-0.2, -0.15) is 0 Å². The highest BCUT2D eigenvalue weighted by Gasteiger charge is 2.29. The van der Waals surface area contributed by atoms with E-state index in [9.17, 15) is 14.0 Å². The van der Waals surface area contributed by atoms with E-state index in [0.717, 1.165) is 5.69 Å². The second kappa shape index (κ2) is 7.59. The molecule has 1 amide bonds. The molecule has 0 fully saturated rings. The second-order valence-electron chi connectivity index (χ2n) is 6.66. The summed E-state index contributed by atoms with van der Waals surface area (Å²) in [5.74, 6) is -1.73. The number of hydrogen-bond acceptors (Lipinski definition) is 3. The molecule has 6 heteroatoms. The van der Waals surface area contributed by atoms with Crippen LogP contribution in [0.25, 0.3) is 11.3 Å². The molecule has 0 atom stereocenters. The van der Waals surface area contributed by atoms with Crippen molar-refractivity contribution < 1.29 is 19.1 Å². The first-order valence-electron chi connectivity index (χ1n) is 9.00. The van der Waals surface area contributed by atoms with Crippen LogP contribution in [0.15, 0.2) is 72.8 Å².